The summed E-state index contributed by atoms with van der Waals surface area (Å²) in [6.07, 6.45) is -0.580. The molecule has 0 fully saturated rings. The standard InChI is InChI=1S/C21H21F2NO8/c1-11(24-10-15(25)13-3-2-4-14(9-13)30-20(22)23)7-12-5-6-16-17(8-12)32-21(31-16,18(26)27)19(28)29/h2-6,8-9,11,15,20,24-25H,7,10H2,1H3,(H,26,27)(H,28,29)/p-2/t11-,15-/m0/s1. The number of carbonyl (C=O) groups is 2. The van der Waals surface area contributed by atoms with Gasteiger partial charge in [0.05, 0.1) is 6.10 Å². The van der Waals surface area contributed by atoms with Crippen molar-refractivity contribution in [1.29, 1.82) is 0 Å². The number of hydrogen-bond acceptors (Lipinski definition) is 9. The van der Waals surface area contributed by atoms with Crippen LogP contribution >= 0.6 is 0 Å². The van der Waals surface area contributed by atoms with Gasteiger partial charge in [0.25, 0.3) is 0 Å². The summed E-state index contributed by atoms with van der Waals surface area (Å²) < 4.78 is 38.9. The molecule has 2 atom stereocenters. The number of fused-ring (bicyclic) bond motifs is 1. The Bertz CT molecular complexity index is 986. The van der Waals surface area contributed by atoms with Gasteiger partial charge in [-0.3, -0.25) is 0 Å². The highest BCUT2D eigenvalue weighted by molar-refractivity contribution is 5.99. The zero-order valence-corrected chi connectivity index (χ0v) is 16.7. The summed E-state index contributed by atoms with van der Waals surface area (Å²) in [4.78, 5) is 22.4. The van der Waals surface area contributed by atoms with Crippen LogP contribution in [0.5, 0.6) is 17.2 Å². The maximum atomic E-state index is 12.3. The number of benzene rings is 2. The number of aliphatic hydroxyl groups excluding tert-OH is 1. The molecular weight excluding hydrogens is 432 g/mol. The molecule has 9 nitrogen and oxygen atoms in total. The van der Waals surface area contributed by atoms with Gasteiger partial charge in [-0.2, -0.15) is 8.78 Å². The second-order valence-corrected chi connectivity index (χ2v) is 7.16. The minimum absolute atomic E-state index is 0.0610. The van der Waals surface area contributed by atoms with E-state index in [-0.39, 0.29) is 29.8 Å². The average molecular weight is 451 g/mol. The summed E-state index contributed by atoms with van der Waals surface area (Å²) in [5, 5.41) is 35.8. The number of halogens is 2. The Kier molecular flexibility index (Phi) is 6.80. The summed E-state index contributed by atoms with van der Waals surface area (Å²) in [6.45, 7) is -1.03. The highest BCUT2D eigenvalue weighted by Crippen LogP contribution is 2.40. The average Bonchev–Trinajstić information content (AvgIpc) is 3.12. The molecule has 1 aliphatic heterocycles. The minimum Gasteiger partial charge on any atom is -0.542 e. The lowest BCUT2D eigenvalue weighted by Crippen LogP contribution is -2.64. The van der Waals surface area contributed by atoms with Crippen molar-refractivity contribution in [3.8, 4) is 17.2 Å². The van der Waals surface area contributed by atoms with E-state index in [0.717, 1.165) is 0 Å². The number of carboxylic acid groups (broad SMARTS) is 2. The first-order chi connectivity index (χ1) is 15.1. The van der Waals surface area contributed by atoms with Gasteiger partial charge in [-0.25, -0.2) is 0 Å². The van der Waals surface area contributed by atoms with Crippen molar-refractivity contribution in [1.82, 2.24) is 5.32 Å². The second kappa shape index (κ2) is 9.37. The number of ether oxygens (including phenoxy) is 3. The maximum Gasteiger partial charge on any atom is 0.387 e. The van der Waals surface area contributed by atoms with Gasteiger partial charge < -0.3 is 44.4 Å². The first kappa shape index (κ1) is 23.2. The first-order valence-corrected chi connectivity index (χ1v) is 9.51. The number of nitrogens with one attached hydrogen (secondary N) is 1. The smallest absolute Gasteiger partial charge is 0.387 e. The van der Waals surface area contributed by atoms with Crippen LogP contribution in [0.15, 0.2) is 42.5 Å². The SMILES string of the molecule is C[C@@H](Cc1ccc2c(c1)OC(C(=O)[O-])(C(=O)[O-])O2)NC[C@H](O)c1cccc(OC(F)F)c1. The Morgan fingerprint density at radius 3 is 2.47 bits per heavy atom. The molecule has 2 N–H and O–H groups in total. The van der Waals surface area contributed by atoms with Crippen molar-refractivity contribution >= 4 is 11.9 Å². The van der Waals surface area contributed by atoms with E-state index in [9.17, 15) is 33.7 Å². The molecule has 11 heteroatoms. The van der Waals surface area contributed by atoms with Crippen LogP contribution in [0, 0.1) is 0 Å². The Hall–Kier alpha value is -3.44. The molecule has 0 spiro atoms. The summed E-state index contributed by atoms with van der Waals surface area (Å²) in [5.74, 6) is -7.46. The van der Waals surface area contributed by atoms with Gasteiger partial charge in [0, 0.05) is 12.6 Å². The van der Waals surface area contributed by atoms with Crippen LogP contribution in [-0.4, -0.2) is 42.0 Å². The molecule has 0 amide bonds. The largest absolute Gasteiger partial charge is 0.542 e. The minimum atomic E-state index is -3.04. The quantitative estimate of drug-likeness (QED) is 0.458. The second-order valence-electron chi connectivity index (χ2n) is 7.16. The summed E-state index contributed by atoms with van der Waals surface area (Å²) in [5.41, 5.74) is 1.06. The fraction of sp³-hybridized carbons (Fsp3) is 0.333. The van der Waals surface area contributed by atoms with E-state index < -0.39 is 30.4 Å². The fourth-order valence-corrected chi connectivity index (χ4v) is 3.18. The van der Waals surface area contributed by atoms with Crippen LogP contribution in [0.3, 0.4) is 0 Å². The zero-order valence-electron chi connectivity index (χ0n) is 16.7. The summed E-state index contributed by atoms with van der Waals surface area (Å²) >= 11 is 0. The molecule has 0 aromatic heterocycles. The van der Waals surface area contributed by atoms with Crippen molar-refractivity contribution in [2.45, 2.75) is 37.9 Å². The lowest BCUT2D eigenvalue weighted by atomic mass is 10.1. The zero-order chi connectivity index (χ0) is 23.5. The van der Waals surface area contributed by atoms with E-state index >= 15 is 0 Å². The van der Waals surface area contributed by atoms with E-state index in [4.69, 9.17) is 9.47 Å². The number of carboxylic acids is 2. The maximum absolute atomic E-state index is 12.3. The lowest BCUT2D eigenvalue weighted by Gasteiger charge is -2.28. The summed E-state index contributed by atoms with van der Waals surface area (Å²) in [6, 6.07) is 9.96. The van der Waals surface area contributed by atoms with E-state index in [1.165, 1.54) is 30.3 Å². The Balaban J connectivity index is 1.58. The first-order valence-electron chi connectivity index (χ1n) is 9.51. The number of aliphatic carboxylic acids is 2. The summed E-state index contributed by atoms with van der Waals surface area (Å²) in [7, 11) is 0. The van der Waals surface area contributed by atoms with Gasteiger partial charge in [0.1, 0.15) is 17.7 Å². The molecule has 0 bridgehead atoms. The molecular formula is C21H19F2NO8-2. The third-order valence-electron chi connectivity index (χ3n) is 4.72. The van der Waals surface area contributed by atoms with Crippen molar-refractivity contribution in [3.63, 3.8) is 0 Å². The molecule has 0 saturated heterocycles. The lowest BCUT2D eigenvalue weighted by molar-refractivity contribution is -0.362. The normalized spacial score (nSPS) is 15.9. The molecule has 0 radical (unpaired) electrons. The van der Waals surface area contributed by atoms with Crippen LogP contribution in [-0.2, 0) is 16.0 Å². The molecule has 172 valence electrons. The fourth-order valence-electron chi connectivity index (χ4n) is 3.18. The molecule has 1 aliphatic rings. The Labute approximate surface area is 181 Å². The van der Waals surface area contributed by atoms with E-state index in [2.05, 4.69) is 10.1 Å². The van der Waals surface area contributed by atoms with Crippen molar-refractivity contribution in [3.05, 3.63) is 53.6 Å². The molecule has 32 heavy (non-hydrogen) atoms. The van der Waals surface area contributed by atoms with Crippen LogP contribution in [0.2, 0.25) is 0 Å². The van der Waals surface area contributed by atoms with Gasteiger partial charge in [0.15, 0.2) is 11.5 Å². The Morgan fingerprint density at radius 2 is 1.81 bits per heavy atom. The predicted molar refractivity (Wildman–Crippen MR) is 99.6 cm³/mol. The van der Waals surface area contributed by atoms with Crippen LogP contribution in [0.1, 0.15) is 24.2 Å². The molecule has 0 aliphatic carbocycles. The van der Waals surface area contributed by atoms with E-state index in [1.54, 1.807) is 12.1 Å². The van der Waals surface area contributed by atoms with Crippen LogP contribution in [0.4, 0.5) is 8.78 Å². The highest BCUT2D eigenvalue weighted by Gasteiger charge is 2.45. The molecule has 2 aromatic carbocycles. The van der Waals surface area contributed by atoms with Crippen LogP contribution in [0.25, 0.3) is 0 Å². The van der Waals surface area contributed by atoms with E-state index in [1.807, 2.05) is 6.92 Å². The third-order valence-corrected chi connectivity index (χ3v) is 4.72. The molecule has 3 rings (SSSR count). The molecule has 2 aromatic rings. The van der Waals surface area contributed by atoms with Gasteiger partial charge in [-0.05, 0) is 48.7 Å². The van der Waals surface area contributed by atoms with Crippen LogP contribution < -0.4 is 29.7 Å². The van der Waals surface area contributed by atoms with Crippen molar-refractivity contribution in [2.24, 2.45) is 0 Å². The number of aliphatic hydroxyl groups is 1. The monoisotopic (exact) mass is 451 g/mol. The molecule has 1 heterocycles. The van der Waals surface area contributed by atoms with Gasteiger partial charge in [-0.1, -0.05) is 18.2 Å². The number of hydrogen-bond donors (Lipinski definition) is 2. The highest BCUT2D eigenvalue weighted by atomic mass is 19.3. The van der Waals surface area contributed by atoms with Crippen molar-refractivity contribution < 1.29 is 47.9 Å². The Morgan fingerprint density at radius 1 is 1.12 bits per heavy atom. The topological polar surface area (TPSA) is 140 Å². The predicted octanol–water partition coefficient (Wildman–Crippen LogP) is -0.490. The van der Waals surface area contributed by atoms with E-state index in [0.29, 0.717) is 17.5 Å². The van der Waals surface area contributed by atoms with Crippen molar-refractivity contribution in [2.75, 3.05) is 6.54 Å². The van der Waals surface area contributed by atoms with Gasteiger partial charge in [0.2, 0.25) is 0 Å². The number of rotatable bonds is 10. The number of carbonyl (C=O) groups excluding carboxylic acids is 2. The third kappa shape index (κ3) is 5.06. The molecule has 0 unspecified atom stereocenters. The van der Waals surface area contributed by atoms with Gasteiger partial charge in [-0.15, -0.1) is 0 Å². The number of alkyl halides is 2. The van der Waals surface area contributed by atoms with Gasteiger partial charge >= 0.3 is 12.4 Å². The molecule has 0 saturated carbocycles.